The molecular formula is C40H49N5O4S. The van der Waals surface area contributed by atoms with Crippen molar-refractivity contribution in [3.05, 3.63) is 82.4 Å². The predicted octanol–water partition coefficient (Wildman–Crippen LogP) is 7.72. The first-order valence-electron chi connectivity index (χ1n) is 17.9. The van der Waals surface area contributed by atoms with E-state index in [9.17, 15) is 14.4 Å². The van der Waals surface area contributed by atoms with Crippen molar-refractivity contribution in [2.45, 2.75) is 96.7 Å². The van der Waals surface area contributed by atoms with E-state index >= 15 is 0 Å². The fraction of sp³-hybridized carbons (Fsp3) is 0.450. The zero-order valence-corrected chi connectivity index (χ0v) is 30.5. The van der Waals surface area contributed by atoms with Gasteiger partial charge in [0.05, 0.1) is 0 Å². The van der Waals surface area contributed by atoms with Crippen molar-refractivity contribution in [1.82, 2.24) is 20.5 Å². The number of benzene rings is 2. The SMILES string of the molecule is Cc1cc(-c2ccnc3sc(CCCCN4CCC(c5ccc(NC6CCC(=O)NC6=O)cc5)CC4)cc23)ccc1CNC(=O)OC(C)(C)C. The highest BCUT2D eigenvalue weighted by atomic mass is 32.1. The van der Waals surface area contributed by atoms with Crippen molar-refractivity contribution in [3.8, 4) is 11.1 Å². The number of imide groups is 1. The number of unbranched alkanes of at least 4 members (excludes halogenated alkanes) is 1. The highest BCUT2D eigenvalue weighted by Gasteiger charge is 2.26. The van der Waals surface area contributed by atoms with Gasteiger partial charge in [0.1, 0.15) is 16.5 Å². The van der Waals surface area contributed by atoms with E-state index in [-0.39, 0.29) is 17.9 Å². The van der Waals surface area contributed by atoms with Crippen molar-refractivity contribution < 1.29 is 19.1 Å². The lowest BCUT2D eigenvalue weighted by Crippen LogP contribution is -2.47. The van der Waals surface area contributed by atoms with Crippen LogP contribution >= 0.6 is 11.3 Å². The van der Waals surface area contributed by atoms with E-state index in [1.54, 1.807) is 11.3 Å². The molecule has 264 valence electrons. The van der Waals surface area contributed by atoms with Crippen molar-refractivity contribution in [2.75, 3.05) is 25.0 Å². The Morgan fingerprint density at radius 2 is 1.80 bits per heavy atom. The number of likely N-dealkylation sites (tertiary alicyclic amines) is 1. The molecule has 4 heterocycles. The zero-order valence-electron chi connectivity index (χ0n) is 29.6. The summed E-state index contributed by atoms with van der Waals surface area (Å²) in [7, 11) is 0. The van der Waals surface area contributed by atoms with Crippen LogP contribution in [0, 0.1) is 6.92 Å². The minimum absolute atomic E-state index is 0.194. The van der Waals surface area contributed by atoms with Gasteiger partial charge in [-0.3, -0.25) is 14.9 Å². The third-order valence-corrected chi connectivity index (χ3v) is 10.8. The summed E-state index contributed by atoms with van der Waals surface area (Å²) in [5.74, 6) is 0.125. The molecule has 0 aliphatic carbocycles. The molecule has 2 aromatic heterocycles. The number of pyridine rings is 1. The van der Waals surface area contributed by atoms with Crippen molar-refractivity contribution >= 4 is 45.1 Å². The van der Waals surface area contributed by atoms with Crippen LogP contribution in [0.25, 0.3) is 21.3 Å². The van der Waals surface area contributed by atoms with Gasteiger partial charge >= 0.3 is 6.09 Å². The maximum absolute atomic E-state index is 12.1. The summed E-state index contributed by atoms with van der Waals surface area (Å²) in [5.41, 5.74) is 6.29. The summed E-state index contributed by atoms with van der Waals surface area (Å²) in [4.78, 5) is 45.4. The average molecular weight is 696 g/mol. The molecule has 0 bridgehead atoms. The number of amides is 3. The normalized spacial score (nSPS) is 17.5. The van der Waals surface area contributed by atoms with Crippen LogP contribution in [-0.4, -0.2) is 59.1 Å². The number of ether oxygens (including phenoxy) is 1. The van der Waals surface area contributed by atoms with Crippen LogP contribution in [0.3, 0.4) is 0 Å². The van der Waals surface area contributed by atoms with Crippen LogP contribution in [-0.2, 0) is 27.3 Å². The Morgan fingerprint density at radius 3 is 2.52 bits per heavy atom. The number of fused-ring (bicyclic) bond motifs is 1. The standard InChI is InChI=1S/C40H49N5O4S/c1-26-23-29(8-9-30(26)25-42-39(48)49-40(2,3)4)33-16-19-41-38-34(33)24-32(50-38)7-5-6-20-45-21-17-28(18-22-45)27-10-12-31(13-11-27)43-35-14-15-36(46)44-37(35)47/h8-13,16,19,23-24,28,35,43H,5-7,14-15,17-18,20-22,25H2,1-4H3,(H,42,48)(H,44,46,47). The largest absolute Gasteiger partial charge is 0.444 e. The first-order chi connectivity index (χ1) is 24.0. The summed E-state index contributed by atoms with van der Waals surface area (Å²) < 4.78 is 5.38. The molecule has 0 saturated carbocycles. The van der Waals surface area contributed by atoms with Gasteiger partial charge in [0.25, 0.3) is 0 Å². The quantitative estimate of drug-likeness (QED) is 0.109. The van der Waals surface area contributed by atoms with E-state index in [1.807, 2.05) is 27.0 Å². The zero-order chi connectivity index (χ0) is 35.3. The van der Waals surface area contributed by atoms with Gasteiger partial charge in [-0.15, -0.1) is 11.3 Å². The van der Waals surface area contributed by atoms with Gasteiger partial charge in [-0.1, -0.05) is 30.3 Å². The van der Waals surface area contributed by atoms with Crippen molar-refractivity contribution in [1.29, 1.82) is 0 Å². The molecule has 0 radical (unpaired) electrons. The summed E-state index contributed by atoms with van der Waals surface area (Å²) in [6.07, 6.45) is 8.11. The topological polar surface area (TPSA) is 113 Å². The number of aryl methyl sites for hydroxylation is 2. The molecule has 2 fully saturated rings. The van der Waals surface area contributed by atoms with Crippen LogP contribution in [0.4, 0.5) is 10.5 Å². The number of thiophene rings is 1. The molecule has 1 atom stereocenters. The van der Waals surface area contributed by atoms with Gasteiger partial charge in [-0.25, -0.2) is 9.78 Å². The van der Waals surface area contributed by atoms with Crippen molar-refractivity contribution in [3.63, 3.8) is 0 Å². The molecule has 3 N–H and O–H groups in total. The molecule has 10 heteroatoms. The fourth-order valence-corrected chi connectivity index (χ4v) is 7.98. The first-order valence-corrected chi connectivity index (χ1v) is 18.7. The number of piperidine rings is 2. The number of aromatic nitrogens is 1. The highest BCUT2D eigenvalue weighted by molar-refractivity contribution is 7.18. The summed E-state index contributed by atoms with van der Waals surface area (Å²) in [6, 6.07) is 19.0. The molecule has 2 aromatic carbocycles. The Kier molecular flexibility index (Phi) is 11.2. The van der Waals surface area contributed by atoms with E-state index < -0.39 is 11.7 Å². The minimum Gasteiger partial charge on any atom is -0.444 e. The fourth-order valence-electron chi connectivity index (χ4n) is 6.92. The number of anilines is 1. The Bertz CT molecular complexity index is 1820. The second kappa shape index (κ2) is 15.7. The number of carbonyl (C=O) groups is 3. The number of alkyl carbamates (subject to hydrolysis) is 1. The molecule has 6 rings (SSSR count). The molecule has 2 saturated heterocycles. The molecule has 2 aliphatic rings. The van der Waals surface area contributed by atoms with Crippen LogP contribution in [0.15, 0.2) is 60.8 Å². The van der Waals surface area contributed by atoms with Gasteiger partial charge in [-0.2, -0.15) is 0 Å². The number of carbonyl (C=O) groups excluding carboxylic acids is 3. The number of rotatable bonds is 11. The Hall–Kier alpha value is -4.28. The second-order valence-electron chi connectivity index (χ2n) is 14.6. The van der Waals surface area contributed by atoms with Crippen LogP contribution in [0.5, 0.6) is 0 Å². The van der Waals surface area contributed by atoms with Crippen LogP contribution in [0.2, 0.25) is 0 Å². The Morgan fingerprint density at radius 1 is 1.02 bits per heavy atom. The lowest BCUT2D eigenvalue weighted by atomic mass is 9.89. The van der Waals surface area contributed by atoms with Gasteiger partial charge in [-0.05, 0) is 144 Å². The van der Waals surface area contributed by atoms with Crippen molar-refractivity contribution in [2.24, 2.45) is 0 Å². The van der Waals surface area contributed by atoms with E-state index in [0.717, 1.165) is 72.5 Å². The summed E-state index contributed by atoms with van der Waals surface area (Å²) in [6.45, 7) is 11.5. The summed E-state index contributed by atoms with van der Waals surface area (Å²) in [5, 5.41) is 9.75. The maximum atomic E-state index is 12.1. The molecule has 4 aromatic rings. The molecular weight excluding hydrogens is 647 g/mol. The van der Waals surface area contributed by atoms with E-state index in [4.69, 9.17) is 9.72 Å². The number of nitrogens with zero attached hydrogens (tertiary/aromatic N) is 2. The number of hydrogen-bond donors (Lipinski definition) is 3. The number of nitrogens with one attached hydrogen (secondary N) is 3. The van der Waals surface area contributed by atoms with Gasteiger partial charge in [0.15, 0.2) is 0 Å². The van der Waals surface area contributed by atoms with Gasteiger partial charge in [0.2, 0.25) is 11.8 Å². The molecule has 9 nitrogen and oxygen atoms in total. The lowest BCUT2D eigenvalue weighted by Gasteiger charge is -2.32. The Balaban J connectivity index is 0.949. The monoisotopic (exact) mass is 695 g/mol. The van der Waals surface area contributed by atoms with Crippen LogP contribution in [0.1, 0.15) is 86.8 Å². The van der Waals surface area contributed by atoms with E-state index in [0.29, 0.717) is 25.3 Å². The van der Waals surface area contributed by atoms with E-state index in [1.165, 1.54) is 27.8 Å². The second-order valence-corrected chi connectivity index (χ2v) is 15.7. The van der Waals surface area contributed by atoms with Gasteiger partial charge < -0.3 is 20.3 Å². The summed E-state index contributed by atoms with van der Waals surface area (Å²) >= 11 is 1.80. The third kappa shape index (κ3) is 9.28. The van der Waals surface area contributed by atoms with Crippen LogP contribution < -0.4 is 16.0 Å². The average Bonchev–Trinajstić information content (AvgIpc) is 3.51. The number of hydrogen-bond acceptors (Lipinski definition) is 8. The maximum Gasteiger partial charge on any atom is 0.407 e. The molecule has 2 aliphatic heterocycles. The molecule has 1 unspecified atom stereocenters. The highest BCUT2D eigenvalue weighted by Crippen LogP contribution is 2.35. The molecule has 3 amide bonds. The molecule has 50 heavy (non-hydrogen) atoms. The smallest absolute Gasteiger partial charge is 0.407 e. The minimum atomic E-state index is -0.522. The first kappa shape index (κ1) is 35.5. The predicted molar refractivity (Wildman–Crippen MR) is 200 cm³/mol. The Labute approximate surface area is 299 Å². The van der Waals surface area contributed by atoms with E-state index in [2.05, 4.69) is 82.4 Å². The lowest BCUT2D eigenvalue weighted by molar-refractivity contribution is -0.133. The van der Waals surface area contributed by atoms with Gasteiger partial charge in [0, 0.05) is 35.1 Å². The molecule has 0 spiro atoms. The third-order valence-electron chi connectivity index (χ3n) is 9.66.